The third-order valence-electron chi connectivity index (χ3n) is 6.03. The van der Waals surface area contributed by atoms with Crippen LogP contribution in [0.15, 0.2) is 54.6 Å². The van der Waals surface area contributed by atoms with Crippen LogP contribution in [-0.4, -0.2) is 47.9 Å². The molecule has 180 valence electrons. The Kier molecular flexibility index (Phi) is 5.58. The number of hydrogen-bond acceptors (Lipinski definition) is 5. The van der Waals surface area contributed by atoms with Gasteiger partial charge in [0.15, 0.2) is 5.75 Å². The van der Waals surface area contributed by atoms with Gasteiger partial charge in [0.2, 0.25) is 5.88 Å². The molecular formula is C25H21F3N4O3. The van der Waals surface area contributed by atoms with Gasteiger partial charge in [0.25, 0.3) is 11.8 Å². The van der Waals surface area contributed by atoms with E-state index >= 15 is 0 Å². The van der Waals surface area contributed by atoms with Crippen molar-refractivity contribution < 1.29 is 27.5 Å². The topological polar surface area (TPSA) is 74.8 Å². The van der Waals surface area contributed by atoms with Crippen LogP contribution in [0, 0.1) is 6.92 Å². The molecule has 1 N–H and O–H groups in total. The van der Waals surface area contributed by atoms with Crippen LogP contribution >= 0.6 is 0 Å². The number of nitrogens with zero attached hydrogens (tertiary/aromatic N) is 3. The zero-order valence-corrected chi connectivity index (χ0v) is 18.7. The fourth-order valence-corrected chi connectivity index (χ4v) is 4.21. The number of aryl methyl sites for hydroxylation is 1. The van der Waals surface area contributed by atoms with Crippen molar-refractivity contribution >= 4 is 23.3 Å². The molecule has 0 spiro atoms. The first-order chi connectivity index (χ1) is 16.7. The number of ether oxygens (including phenoxy) is 1. The molecule has 3 heterocycles. The highest BCUT2D eigenvalue weighted by Crippen LogP contribution is 2.36. The highest BCUT2D eigenvalue weighted by molar-refractivity contribution is 6.07. The molecule has 0 bridgehead atoms. The van der Waals surface area contributed by atoms with Crippen LogP contribution in [0.2, 0.25) is 0 Å². The Balaban J connectivity index is 1.33. The molecule has 0 aliphatic carbocycles. The van der Waals surface area contributed by atoms with Gasteiger partial charge < -0.3 is 19.9 Å². The smallest absolute Gasteiger partial charge is 0.417 e. The Morgan fingerprint density at radius 1 is 1.03 bits per heavy atom. The molecule has 1 aromatic heterocycles. The van der Waals surface area contributed by atoms with Crippen LogP contribution in [0.1, 0.15) is 31.8 Å². The van der Waals surface area contributed by atoms with Crippen molar-refractivity contribution in [2.24, 2.45) is 0 Å². The number of aromatic nitrogens is 1. The second-order valence-electron chi connectivity index (χ2n) is 8.40. The van der Waals surface area contributed by atoms with Gasteiger partial charge in [-0.2, -0.15) is 18.2 Å². The summed E-state index contributed by atoms with van der Waals surface area (Å²) in [6, 6.07) is 13.6. The van der Waals surface area contributed by atoms with Crippen LogP contribution in [-0.2, 0) is 6.18 Å². The summed E-state index contributed by atoms with van der Waals surface area (Å²) in [6.45, 7) is 3.11. The second kappa shape index (κ2) is 8.61. The van der Waals surface area contributed by atoms with E-state index in [-0.39, 0.29) is 30.4 Å². The number of hydrogen-bond donors (Lipinski definition) is 1. The first-order valence-corrected chi connectivity index (χ1v) is 11.0. The van der Waals surface area contributed by atoms with Gasteiger partial charge in [0, 0.05) is 26.2 Å². The summed E-state index contributed by atoms with van der Waals surface area (Å²) in [5.41, 5.74) is 0.522. The molecule has 5 rings (SSSR count). The molecule has 35 heavy (non-hydrogen) atoms. The van der Waals surface area contributed by atoms with Crippen molar-refractivity contribution in [3.8, 4) is 11.6 Å². The number of alkyl halides is 3. The molecule has 0 atom stereocenters. The second-order valence-corrected chi connectivity index (χ2v) is 8.40. The van der Waals surface area contributed by atoms with Gasteiger partial charge in [-0.25, -0.2) is 0 Å². The number of nitrogens with one attached hydrogen (secondary N) is 1. The number of benzene rings is 2. The molecule has 2 aromatic carbocycles. The molecule has 0 unspecified atom stereocenters. The number of anilines is 2. The Morgan fingerprint density at radius 2 is 1.77 bits per heavy atom. The average molecular weight is 482 g/mol. The maximum Gasteiger partial charge on any atom is 0.417 e. The minimum atomic E-state index is -4.61. The van der Waals surface area contributed by atoms with Crippen LogP contribution in [0.4, 0.5) is 24.7 Å². The predicted molar refractivity (Wildman–Crippen MR) is 123 cm³/mol. The molecule has 3 aromatic rings. The SMILES string of the molecule is Cc1ccc2c(c1)NC(=O)c1ccc(N3CCN(C(=O)c4ccccc4C(F)(F)F)CC3)nc1O2. The normalized spacial score (nSPS) is 15.5. The number of carbonyl (C=O) groups excluding carboxylic acids is 2. The van der Waals surface area contributed by atoms with Crippen molar-refractivity contribution in [2.45, 2.75) is 13.1 Å². The van der Waals surface area contributed by atoms with Gasteiger partial charge in [0.05, 0.1) is 16.8 Å². The lowest BCUT2D eigenvalue weighted by molar-refractivity contribution is -0.138. The van der Waals surface area contributed by atoms with E-state index in [9.17, 15) is 22.8 Å². The van der Waals surface area contributed by atoms with Crippen molar-refractivity contribution in [3.63, 3.8) is 0 Å². The van der Waals surface area contributed by atoms with Crippen molar-refractivity contribution in [2.75, 3.05) is 36.4 Å². The summed E-state index contributed by atoms with van der Waals surface area (Å²) in [5, 5.41) is 2.83. The molecular weight excluding hydrogens is 461 g/mol. The summed E-state index contributed by atoms with van der Waals surface area (Å²) in [4.78, 5) is 33.3. The summed E-state index contributed by atoms with van der Waals surface area (Å²) in [6.07, 6.45) is -4.61. The molecule has 0 radical (unpaired) electrons. The fourth-order valence-electron chi connectivity index (χ4n) is 4.21. The van der Waals surface area contributed by atoms with E-state index in [0.29, 0.717) is 35.9 Å². The summed E-state index contributed by atoms with van der Waals surface area (Å²) in [5.74, 6) is 0.211. The number of piperazine rings is 1. The van der Waals surface area contributed by atoms with Gasteiger partial charge in [-0.15, -0.1) is 0 Å². The first kappa shape index (κ1) is 22.7. The molecule has 1 saturated heterocycles. The Hall–Kier alpha value is -4.08. The third-order valence-corrected chi connectivity index (χ3v) is 6.03. The van der Waals surface area contributed by atoms with Gasteiger partial charge in [-0.05, 0) is 48.9 Å². The van der Waals surface area contributed by atoms with Gasteiger partial charge in [0.1, 0.15) is 11.4 Å². The molecule has 1 fully saturated rings. The number of carbonyl (C=O) groups is 2. The highest BCUT2D eigenvalue weighted by atomic mass is 19.4. The zero-order valence-electron chi connectivity index (χ0n) is 18.7. The maximum atomic E-state index is 13.3. The Labute approximate surface area is 199 Å². The van der Waals surface area contributed by atoms with E-state index in [0.717, 1.165) is 11.6 Å². The molecule has 0 saturated carbocycles. The average Bonchev–Trinajstić information content (AvgIpc) is 2.98. The first-order valence-electron chi connectivity index (χ1n) is 11.0. The third kappa shape index (κ3) is 4.39. The maximum absolute atomic E-state index is 13.3. The summed E-state index contributed by atoms with van der Waals surface area (Å²) in [7, 11) is 0. The fraction of sp³-hybridized carbons (Fsp3) is 0.240. The highest BCUT2D eigenvalue weighted by Gasteiger charge is 2.36. The van der Waals surface area contributed by atoms with E-state index in [1.165, 1.54) is 23.1 Å². The zero-order chi connectivity index (χ0) is 24.7. The Bertz CT molecular complexity index is 1320. The standard InChI is InChI=1S/C25H21F3N4O3/c1-15-6-8-20-19(14-15)29-22(33)17-7-9-21(30-23(17)35-20)31-10-12-32(13-11-31)24(34)16-4-2-3-5-18(16)25(26,27)28/h2-9,14H,10-13H2,1H3,(H,29,33). The molecule has 10 heteroatoms. The van der Waals surface area contributed by atoms with Crippen molar-refractivity contribution in [3.05, 3.63) is 76.9 Å². The number of amides is 2. The lowest BCUT2D eigenvalue weighted by atomic mass is 10.1. The van der Waals surface area contributed by atoms with E-state index in [4.69, 9.17) is 4.74 Å². The molecule has 2 amide bonds. The van der Waals surface area contributed by atoms with E-state index in [2.05, 4.69) is 10.3 Å². The van der Waals surface area contributed by atoms with E-state index in [1.807, 2.05) is 24.0 Å². The Morgan fingerprint density at radius 3 is 2.51 bits per heavy atom. The van der Waals surface area contributed by atoms with Crippen LogP contribution < -0.4 is 15.0 Å². The molecule has 2 aliphatic heterocycles. The number of halogens is 3. The summed E-state index contributed by atoms with van der Waals surface area (Å²) >= 11 is 0. The van der Waals surface area contributed by atoms with Crippen molar-refractivity contribution in [1.82, 2.24) is 9.88 Å². The van der Waals surface area contributed by atoms with Gasteiger partial charge in [-0.3, -0.25) is 9.59 Å². The van der Waals surface area contributed by atoms with Gasteiger partial charge in [-0.1, -0.05) is 18.2 Å². The van der Waals surface area contributed by atoms with Crippen LogP contribution in [0.5, 0.6) is 11.6 Å². The van der Waals surface area contributed by atoms with Crippen LogP contribution in [0.3, 0.4) is 0 Å². The van der Waals surface area contributed by atoms with Crippen LogP contribution in [0.25, 0.3) is 0 Å². The molecule has 2 aliphatic rings. The minimum absolute atomic E-state index is 0.167. The quantitative estimate of drug-likeness (QED) is 0.572. The van der Waals surface area contributed by atoms with Gasteiger partial charge >= 0.3 is 6.18 Å². The monoisotopic (exact) mass is 482 g/mol. The minimum Gasteiger partial charge on any atom is -0.436 e. The van der Waals surface area contributed by atoms with E-state index < -0.39 is 17.6 Å². The predicted octanol–water partition coefficient (Wildman–Crippen LogP) is 4.73. The molecule has 7 nitrogen and oxygen atoms in total. The number of pyridine rings is 1. The van der Waals surface area contributed by atoms with Crippen molar-refractivity contribution in [1.29, 1.82) is 0 Å². The number of fused-ring (bicyclic) bond motifs is 2. The largest absolute Gasteiger partial charge is 0.436 e. The number of rotatable bonds is 2. The van der Waals surface area contributed by atoms with E-state index in [1.54, 1.807) is 18.2 Å². The summed E-state index contributed by atoms with van der Waals surface area (Å²) < 4.78 is 45.9. The lowest BCUT2D eigenvalue weighted by Gasteiger charge is -2.36. The lowest BCUT2D eigenvalue weighted by Crippen LogP contribution is -2.49.